The van der Waals surface area contributed by atoms with Crippen LogP contribution in [0, 0.1) is 45.3 Å². The molecule has 0 atom stereocenters. The van der Waals surface area contributed by atoms with Crippen LogP contribution < -0.4 is 5.32 Å². The van der Waals surface area contributed by atoms with Gasteiger partial charge in [0.15, 0.2) is 0 Å². The molecule has 0 aromatic heterocycles. The zero-order valence-corrected chi connectivity index (χ0v) is 38.1. The van der Waals surface area contributed by atoms with Crippen LogP contribution in [0.2, 0.25) is 0 Å². The number of nitriles is 4. The van der Waals surface area contributed by atoms with Crippen molar-refractivity contribution in [1.29, 1.82) is 21.0 Å². The number of rotatable bonds is 11. The second kappa shape index (κ2) is 25.3. The van der Waals surface area contributed by atoms with Gasteiger partial charge >= 0.3 is 0 Å². The van der Waals surface area contributed by atoms with Crippen LogP contribution in [-0.4, -0.2) is 51.4 Å². The number of hydrogen-bond donors (Lipinski definition) is 1. The monoisotopic (exact) mass is 920 g/mol. The van der Waals surface area contributed by atoms with Gasteiger partial charge < -0.3 is 10.2 Å². The lowest BCUT2D eigenvalue weighted by Crippen LogP contribution is -2.43. The lowest BCUT2D eigenvalue weighted by atomic mass is 9.72. The lowest BCUT2D eigenvalue weighted by molar-refractivity contribution is 0.178. The van der Waals surface area contributed by atoms with Crippen LogP contribution in [0.5, 0.6) is 0 Å². The van der Waals surface area contributed by atoms with Gasteiger partial charge in [0.05, 0.1) is 35.1 Å². The average Bonchev–Trinajstić information content (AvgIpc) is 3.38. The van der Waals surface area contributed by atoms with Gasteiger partial charge in [-0.15, -0.1) is 0 Å². The van der Waals surface area contributed by atoms with E-state index >= 15 is 0 Å². The molecule has 2 saturated heterocycles. The summed E-state index contributed by atoms with van der Waals surface area (Å²) in [4.78, 5) is 2.41. The predicted octanol–water partition coefficient (Wildman–Crippen LogP) is 12.1. The summed E-state index contributed by atoms with van der Waals surface area (Å²) in [6.45, 7) is 4.46. The number of piperidine rings is 2. The summed E-state index contributed by atoms with van der Waals surface area (Å²) < 4.78 is 0. The van der Waals surface area contributed by atoms with E-state index in [2.05, 4.69) is 99.0 Å². The van der Waals surface area contributed by atoms with Gasteiger partial charge in [-0.3, -0.25) is 0 Å². The van der Waals surface area contributed by atoms with E-state index in [1.165, 1.54) is 5.56 Å². The first-order valence-corrected chi connectivity index (χ1v) is 23.0. The summed E-state index contributed by atoms with van der Waals surface area (Å²) in [5.74, 6) is 0. The quantitative estimate of drug-likeness (QED) is 0.102. The van der Waals surface area contributed by atoms with Crippen molar-refractivity contribution >= 4 is 24.3 Å². The molecule has 2 fully saturated rings. The zero-order valence-electron chi connectivity index (χ0n) is 36.5. The van der Waals surface area contributed by atoms with Crippen molar-refractivity contribution in [3.8, 4) is 24.3 Å². The van der Waals surface area contributed by atoms with Crippen molar-refractivity contribution in [2.75, 3.05) is 38.1 Å². The highest BCUT2D eigenvalue weighted by Gasteiger charge is 2.39. The molecule has 2 heterocycles. The normalized spacial score (nSPS) is 15.0. The molecule has 2 aliphatic heterocycles. The van der Waals surface area contributed by atoms with E-state index in [-0.39, 0.29) is 22.7 Å². The minimum absolute atomic E-state index is 0. The molecular formula is C57H61BBrN6. The number of nitrogens with zero attached hydrogens (tertiary/aromatic N) is 5. The zero-order chi connectivity index (χ0) is 44.3. The molecule has 2 aliphatic rings. The average molecular weight is 922 g/mol. The Morgan fingerprint density at radius 3 is 1.11 bits per heavy atom. The molecule has 3 radical (unpaired) electrons. The molecule has 0 spiro atoms. The number of benzene rings is 6. The molecule has 0 aliphatic carbocycles. The standard InChI is InChI=1S/C28H27N3.C16H14BrN.C12H14N2.CH4.B.H2/c29-22-27(24-10-4-1-5-11-24)16-19-31(20-17-27)21-18-28(23-30,25-12-6-2-7-13-25)26-14-8-3-9-15-26;17-12-11-16(13-18,14-7-3-1-4-8-14)15-9-5-2-6-10-15;13-10-12(6-8-14-9-7-12)11-4-2-1-3-5-11;;;/h1-15H,16-21H2;1-10H,11-12H2;1-5,14H,6-9H2;1H4;;1H/i;;;;;1+1. The van der Waals surface area contributed by atoms with Crippen LogP contribution in [-0.2, 0) is 21.7 Å². The third kappa shape index (κ3) is 12.1. The predicted molar refractivity (Wildman–Crippen MR) is 271 cm³/mol. The topological polar surface area (TPSA) is 110 Å². The molecule has 0 saturated carbocycles. The van der Waals surface area contributed by atoms with E-state index < -0.39 is 16.2 Å². The molecule has 65 heavy (non-hydrogen) atoms. The molecule has 6 aromatic rings. The number of alkyl halides is 1. The lowest BCUT2D eigenvalue weighted by Gasteiger charge is -2.39. The van der Waals surface area contributed by atoms with Crippen molar-refractivity contribution in [3.63, 3.8) is 0 Å². The molecular weight excluding hydrogens is 859 g/mol. The summed E-state index contributed by atoms with van der Waals surface area (Å²) in [5, 5.41) is 43.5. The highest BCUT2D eigenvalue weighted by Crippen LogP contribution is 2.39. The summed E-state index contributed by atoms with van der Waals surface area (Å²) in [6.07, 6.45) is 4.98. The van der Waals surface area contributed by atoms with Crippen molar-refractivity contribution in [3.05, 3.63) is 215 Å². The summed E-state index contributed by atoms with van der Waals surface area (Å²) in [5.41, 5.74) is 4.60. The van der Waals surface area contributed by atoms with Crippen molar-refractivity contribution < 1.29 is 1.43 Å². The Labute approximate surface area is 400 Å². The van der Waals surface area contributed by atoms with Crippen LogP contribution in [0.15, 0.2) is 182 Å². The smallest absolute Gasteiger partial charge is 0.108 e. The Kier molecular flexibility index (Phi) is 20.0. The van der Waals surface area contributed by atoms with Crippen LogP contribution in [0.1, 0.15) is 80.8 Å². The summed E-state index contributed by atoms with van der Waals surface area (Å²) in [7, 11) is 0. The largest absolute Gasteiger partial charge is 0.317 e. The molecule has 6 nitrogen and oxygen atoms in total. The Balaban J connectivity index is 0.000000281. The highest BCUT2D eigenvalue weighted by molar-refractivity contribution is 9.09. The fourth-order valence-corrected chi connectivity index (χ4v) is 9.69. The first-order chi connectivity index (χ1) is 30.9. The number of nitrogens with one attached hydrogen (secondary N) is 1. The van der Waals surface area contributed by atoms with E-state index in [4.69, 9.17) is 0 Å². The first-order valence-electron chi connectivity index (χ1n) is 21.9. The number of likely N-dealkylation sites (tertiary alicyclic amines) is 1. The molecule has 0 bridgehead atoms. The van der Waals surface area contributed by atoms with Crippen LogP contribution in [0.3, 0.4) is 0 Å². The summed E-state index contributed by atoms with van der Waals surface area (Å²) in [6, 6.07) is 70.8. The van der Waals surface area contributed by atoms with Gasteiger partial charge in [0.25, 0.3) is 0 Å². The minimum Gasteiger partial charge on any atom is -0.317 e. The fraction of sp³-hybridized carbons (Fsp3) is 0.298. The van der Waals surface area contributed by atoms with Crippen molar-refractivity contribution in [2.24, 2.45) is 0 Å². The van der Waals surface area contributed by atoms with Gasteiger partial charge in [-0.2, -0.15) is 21.0 Å². The second-order valence-corrected chi connectivity index (χ2v) is 17.2. The van der Waals surface area contributed by atoms with E-state index in [1.54, 1.807) is 0 Å². The third-order valence-corrected chi connectivity index (χ3v) is 13.4. The Hall–Kier alpha value is -6.26. The molecule has 1 N–H and O–H groups in total. The van der Waals surface area contributed by atoms with Gasteiger partial charge in [-0.05, 0) is 98.1 Å². The molecule has 0 amide bonds. The van der Waals surface area contributed by atoms with E-state index in [0.717, 1.165) is 104 Å². The molecule has 0 unspecified atom stereocenters. The second-order valence-electron chi connectivity index (χ2n) is 16.4. The molecule has 6 aromatic carbocycles. The Bertz CT molecular complexity index is 2370. The van der Waals surface area contributed by atoms with E-state index in [0.29, 0.717) is 0 Å². The van der Waals surface area contributed by atoms with Crippen molar-refractivity contribution in [1.82, 2.24) is 10.2 Å². The highest BCUT2D eigenvalue weighted by atomic mass is 79.9. The van der Waals surface area contributed by atoms with Crippen LogP contribution >= 0.6 is 15.9 Å². The van der Waals surface area contributed by atoms with Crippen molar-refractivity contribution in [2.45, 2.75) is 67.6 Å². The number of hydrogen-bond acceptors (Lipinski definition) is 6. The first kappa shape index (κ1) is 51.4. The number of halogens is 1. The van der Waals surface area contributed by atoms with Gasteiger partial charge in [0, 0.05) is 21.7 Å². The maximum absolute atomic E-state index is 10.4. The van der Waals surface area contributed by atoms with E-state index in [9.17, 15) is 21.0 Å². The van der Waals surface area contributed by atoms with Gasteiger partial charge in [-0.1, -0.05) is 205 Å². The maximum atomic E-state index is 10.4. The fourth-order valence-electron chi connectivity index (χ4n) is 9.10. The third-order valence-electron chi connectivity index (χ3n) is 13.0. The van der Waals surface area contributed by atoms with Crippen LogP contribution in [0.25, 0.3) is 0 Å². The SMILES string of the molecule is C.N#CC(CCBr)(c1ccccc1)c1ccccc1.N#CC1(c2ccccc2)CCN(CCC(C#N)(c2ccccc2)c2ccccc2)CC1.N#CC1(c2ccccc2)CCNCC1.[2HH].[B]. The van der Waals surface area contributed by atoms with Gasteiger partial charge in [0.1, 0.15) is 10.8 Å². The molecule has 8 heteroatoms. The maximum Gasteiger partial charge on any atom is 0.108 e. The van der Waals surface area contributed by atoms with Crippen LogP contribution in [0.4, 0.5) is 0 Å². The van der Waals surface area contributed by atoms with Gasteiger partial charge in [0.2, 0.25) is 0 Å². The Morgan fingerprint density at radius 1 is 0.492 bits per heavy atom. The Morgan fingerprint density at radius 2 is 0.800 bits per heavy atom. The molecule has 329 valence electrons. The van der Waals surface area contributed by atoms with E-state index in [1.807, 2.05) is 133 Å². The van der Waals surface area contributed by atoms with Gasteiger partial charge in [-0.25, -0.2) is 0 Å². The minimum atomic E-state index is -0.675. The summed E-state index contributed by atoms with van der Waals surface area (Å²) >= 11 is 3.47. The molecule has 8 rings (SSSR count).